The molecular formula is C18H22N4O2. The zero-order chi connectivity index (χ0) is 16.9. The largest absolute Gasteiger partial charge is 0.351 e. The Bertz CT molecular complexity index is 694. The molecule has 0 bridgehead atoms. The van der Waals surface area contributed by atoms with Gasteiger partial charge in [0, 0.05) is 31.3 Å². The summed E-state index contributed by atoms with van der Waals surface area (Å²) in [6.45, 7) is 2.55. The number of aromatic nitrogens is 2. The molecule has 2 N–H and O–H groups in total. The summed E-state index contributed by atoms with van der Waals surface area (Å²) in [5.41, 5.74) is 3.15. The Morgan fingerprint density at radius 1 is 1.38 bits per heavy atom. The van der Waals surface area contributed by atoms with Crippen LogP contribution in [0.2, 0.25) is 0 Å². The van der Waals surface area contributed by atoms with E-state index in [0.717, 1.165) is 29.7 Å². The lowest BCUT2D eigenvalue weighted by atomic mass is 10.1. The van der Waals surface area contributed by atoms with Crippen molar-refractivity contribution in [3.05, 3.63) is 47.8 Å². The molecule has 6 nitrogen and oxygen atoms in total. The van der Waals surface area contributed by atoms with Crippen LogP contribution in [0.1, 0.15) is 30.4 Å². The van der Waals surface area contributed by atoms with E-state index < -0.39 is 0 Å². The first-order valence-electron chi connectivity index (χ1n) is 8.26. The van der Waals surface area contributed by atoms with Crippen molar-refractivity contribution in [2.75, 3.05) is 11.4 Å². The van der Waals surface area contributed by atoms with Gasteiger partial charge < -0.3 is 10.2 Å². The molecule has 0 radical (unpaired) electrons. The van der Waals surface area contributed by atoms with Gasteiger partial charge in [-0.3, -0.25) is 14.7 Å². The summed E-state index contributed by atoms with van der Waals surface area (Å²) < 4.78 is 0. The van der Waals surface area contributed by atoms with Crippen molar-refractivity contribution in [3.63, 3.8) is 0 Å². The molecule has 1 aliphatic heterocycles. The normalized spacial score (nSPS) is 17.3. The van der Waals surface area contributed by atoms with Crippen molar-refractivity contribution < 1.29 is 9.59 Å². The Hall–Kier alpha value is -2.63. The van der Waals surface area contributed by atoms with Crippen LogP contribution >= 0.6 is 0 Å². The van der Waals surface area contributed by atoms with E-state index in [0.29, 0.717) is 19.4 Å². The molecule has 1 aromatic carbocycles. The highest BCUT2D eigenvalue weighted by Crippen LogP contribution is 2.22. The van der Waals surface area contributed by atoms with Gasteiger partial charge in [0.25, 0.3) is 0 Å². The Kier molecular flexibility index (Phi) is 4.93. The van der Waals surface area contributed by atoms with Crippen LogP contribution in [-0.2, 0) is 16.0 Å². The summed E-state index contributed by atoms with van der Waals surface area (Å²) in [6.07, 6.45) is 6.03. The zero-order valence-electron chi connectivity index (χ0n) is 13.8. The molecule has 0 spiro atoms. The Morgan fingerprint density at radius 2 is 2.17 bits per heavy atom. The predicted octanol–water partition coefficient (Wildman–Crippen LogP) is 1.96. The Balaban J connectivity index is 1.47. The maximum Gasteiger partial charge on any atom is 0.229 e. The molecule has 1 aliphatic rings. The highest BCUT2D eigenvalue weighted by molar-refractivity contribution is 5.96. The number of H-pyrrole nitrogens is 1. The smallest absolute Gasteiger partial charge is 0.229 e. The number of nitrogens with one attached hydrogen (secondary N) is 2. The van der Waals surface area contributed by atoms with Gasteiger partial charge in [-0.1, -0.05) is 17.7 Å². The molecule has 2 heterocycles. The molecule has 2 aromatic rings. The number of amides is 2. The molecule has 0 aliphatic carbocycles. The fraction of sp³-hybridized carbons (Fsp3) is 0.389. The third-order valence-electron chi connectivity index (χ3n) is 4.26. The molecular weight excluding hydrogens is 304 g/mol. The lowest BCUT2D eigenvalue weighted by molar-refractivity contribution is -0.121. The van der Waals surface area contributed by atoms with Gasteiger partial charge in [-0.25, -0.2) is 0 Å². The van der Waals surface area contributed by atoms with Gasteiger partial charge >= 0.3 is 0 Å². The fourth-order valence-corrected chi connectivity index (χ4v) is 2.95. The molecule has 3 rings (SSSR count). The quantitative estimate of drug-likeness (QED) is 0.852. The molecule has 1 aromatic heterocycles. The number of hydrogen-bond acceptors (Lipinski definition) is 3. The molecule has 24 heavy (non-hydrogen) atoms. The van der Waals surface area contributed by atoms with Gasteiger partial charge in [-0.2, -0.15) is 5.10 Å². The molecule has 1 atom stereocenters. The minimum atomic E-state index is -0.111. The summed E-state index contributed by atoms with van der Waals surface area (Å²) in [5.74, 6) is 0.0598. The van der Waals surface area contributed by atoms with Crippen LogP contribution in [0.15, 0.2) is 36.7 Å². The van der Waals surface area contributed by atoms with Crippen LogP contribution in [0, 0.1) is 6.92 Å². The summed E-state index contributed by atoms with van der Waals surface area (Å²) >= 11 is 0. The maximum atomic E-state index is 12.2. The van der Waals surface area contributed by atoms with Crippen LogP contribution in [-0.4, -0.2) is 34.6 Å². The first-order valence-corrected chi connectivity index (χ1v) is 8.26. The summed E-state index contributed by atoms with van der Waals surface area (Å²) in [5, 5.41) is 9.62. The van der Waals surface area contributed by atoms with Crippen LogP contribution in [0.5, 0.6) is 0 Å². The summed E-state index contributed by atoms with van der Waals surface area (Å²) in [6, 6.07) is 7.76. The van der Waals surface area contributed by atoms with Gasteiger partial charge in [0.15, 0.2) is 0 Å². The standard InChI is InChI=1S/C18H22N4O2/c1-13-5-7-16(8-6-13)22-12-15(9-18(22)24)21-17(23)4-2-3-14-10-19-20-11-14/h5-8,10-11,15H,2-4,9,12H2,1H3,(H,19,20)(H,21,23). The average molecular weight is 326 g/mol. The highest BCUT2D eigenvalue weighted by atomic mass is 16.2. The van der Waals surface area contributed by atoms with Gasteiger partial charge in [0.05, 0.1) is 12.2 Å². The SMILES string of the molecule is Cc1ccc(N2CC(NC(=O)CCCc3cn[nH]c3)CC2=O)cc1. The minimum Gasteiger partial charge on any atom is -0.351 e. The summed E-state index contributed by atoms with van der Waals surface area (Å²) in [7, 11) is 0. The van der Waals surface area contributed by atoms with E-state index >= 15 is 0 Å². The average Bonchev–Trinajstić information content (AvgIpc) is 3.18. The van der Waals surface area contributed by atoms with Gasteiger partial charge in [0.2, 0.25) is 11.8 Å². The number of carbonyl (C=O) groups is 2. The molecule has 126 valence electrons. The van der Waals surface area contributed by atoms with Crippen molar-refractivity contribution in [3.8, 4) is 0 Å². The second-order valence-electron chi connectivity index (χ2n) is 6.27. The Morgan fingerprint density at radius 3 is 2.88 bits per heavy atom. The molecule has 0 saturated carbocycles. The van der Waals surface area contributed by atoms with Crippen molar-refractivity contribution in [2.45, 2.75) is 38.6 Å². The first kappa shape index (κ1) is 16.2. The lowest BCUT2D eigenvalue weighted by Crippen LogP contribution is -2.37. The van der Waals surface area contributed by atoms with E-state index in [1.807, 2.05) is 37.4 Å². The number of rotatable bonds is 6. The van der Waals surface area contributed by atoms with Crippen LogP contribution in [0.4, 0.5) is 5.69 Å². The molecule has 1 saturated heterocycles. The second-order valence-corrected chi connectivity index (χ2v) is 6.27. The van der Waals surface area contributed by atoms with Gasteiger partial charge in [-0.05, 0) is 37.5 Å². The number of anilines is 1. The number of aromatic amines is 1. The monoisotopic (exact) mass is 326 g/mol. The van der Waals surface area contributed by atoms with Gasteiger partial charge in [0.1, 0.15) is 0 Å². The van der Waals surface area contributed by atoms with E-state index in [4.69, 9.17) is 0 Å². The van der Waals surface area contributed by atoms with E-state index in [-0.39, 0.29) is 17.9 Å². The molecule has 1 fully saturated rings. The van der Waals surface area contributed by atoms with E-state index in [1.165, 1.54) is 0 Å². The number of aryl methyl sites for hydroxylation is 2. The number of nitrogens with zero attached hydrogens (tertiary/aromatic N) is 2. The third-order valence-corrected chi connectivity index (χ3v) is 4.26. The van der Waals surface area contributed by atoms with Crippen molar-refractivity contribution >= 4 is 17.5 Å². The molecule has 2 amide bonds. The topological polar surface area (TPSA) is 78.1 Å². The Labute approximate surface area is 141 Å². The van der Waals surface area contributed by atoms with Crippen LogP contribution in [0.3, 0.4) is 0 Å². The first-order chi connectivity index (χ1) is 11.6. The van der Waals surface area contributed by atoms with Crippen molar-refractivity contribution in [1.82, 2.24) is 15.5 Å². The van der Waals surface area contributed by atoms with Crippen molar-refractivity contribution in [2.24, 2.45) is 0 Å². The lowest BCUT2D eigenvalue weighted by Gasteiger charge is -2.17. The number of carbonyl (C=O) groups excluding carboxylic acids is 2. The van der Waals surface area contributed by atoms with Crippen molar-refractivity contribution in [1.29, 1.82) is 0 Å². The second kappa shape index (κ2) is 7.29. The zero-order valence-corrected chi connectivity index (χ0v) is 13.8. The number of benzene rings is 1. The highest BCUT2D eigenvalue weighted by Gasteiger charge is 2.31. The molecule has 1 unspecified atom stereocenters. The van der Waals surface area contributed by atoms with Crippen LogP contribution in [0.25, 0.3) is 0 Å². The van der Waals surface area contributed by atoms with E-state index in [2.05, 4.69) is 15.5 Å². The fourth-order valence-electron chi connectivity index (χ4n) is 2.95. The minimum absolute atomic E-state index is 0.00190. The maximum absolute atomic E-state index is 12.2. The van der Waals surface area contributed by atoms with E-state index in [9.17, 15) is 9.59 Å². The van der Waals surface area contributed by atoms with Crippen LogP contribution < -0.4 is 10.2 Å². The molecule has 6 heteroatoms. The van der Waals surface area contributed by atoms with Gasteiger partial charge in [-0.15, -0.1) is 0 Å². The van der Waals surface area contributed by atoms with E-state index in [1.54, 1.807) is 11.1 Å². The number of hydrogen-bond donors (Lipinski definition) is 2. The summed E-state index contributed by atoms with van der Waals surface area (Å²) in [4.78, 5) is 26.0. The predicted molar refractivity (Wildman–Crippen MR) is 91.6 cm³/mol. The third kappa shape index (κ3) is 4.01.